The van der Waals surface area contributed by atoms with Crippen LogP contribution in [-0.4, -0.2) is 58.5 Å². The molecule has 1 saturated heterocycles. The first kappa shape index (κ1) is 26.6. The molecule has 30 heavy (non-hydrogen) atoms. The second-order valence-corrected chi connectivity index (χ2v) is 10.1. The van der Waals surface area contributed by atoms with Crippen LogP contribution in [0.5, 0.6) is 0 Å². The Balaban J connectivity index is 0.00000291. The minimum absolute atomic E-state index is 0. The number of carbonyl (C=O) groups excluding carboxylic acids is 1. The van der Waals surface area contributed by atoms with Gasteiger partial charge in [0.25, 0.3) is 0 Å². The summed E-state index contributed by atoms with van der Waals surface area (Å²) in [5, 5.41) is 10.6. The van der Waals surface area contributed by atoms with Crippen LogP contribution in [-0.2, 0) is 21.4 Å². The monoisotopic (exact) mass is 445 g/mol. The van der Waals surface area contributed by atoms with Gasteiger partial charge in [-0.25, -0.2) is 17.4 Å². The zero-order valence-corrected chi connectivity index (χ0v) is 20.2. The summed E-state index contributed by atoms with van der Waals surface area (Å²) in [6, 6.07) is 0. The maximum absolute atomic E-state index is 12.4. The van der Waals surface area contributed by atoms with Gasteiger partial charge in [-0.1, -0.05) is 38.8 Å². The van der Waals surface area contributed by atoms with Crippen molar-refractivity contribution in [3.8, 4) is 0 Å². The molecule has 1 aromatic heterocycles. The molecule has 1 atom stereocenters. The Hall–Kier alpha value is -1.48. The van der Waals surface area contributed by atoms with E-state index in [1.54, 1.807) is 17.4 Å². The van der Waals surface area contributed by atoms with E-state index in [0.717, 1.165) is 37.9 Å². The van der Waals surface area contributed by atoms with E-state index in [1.165, 1.54) is 0 Å². The number of unbranched alkanes of at least 4 members (excludes halogenated alkanes) is 3. The van der Waals surface area contributed by atoms with E-state index in [1.807, 2.05) is 32.4 Å². The molecule has 1 fully saturated rings. The van der Waals surface area contributed by atoms with E-state index >= 15 is 0 Å². The molecular weight excluding hydrogens is 402 g/mol. The van der Waals surface area contributed by atoms with Gasteiger partial charge in [0.2, 0.25) is 15.9 Å². The predicted molar refractivity (Wildman–Crippen MR) is 123 cm³/mol. The van der Waals surface area contributed by atoms with Crippen LogP contribution in [0.2, 0.25) is 0 Å². The maximum atomic E-state index is 12.4. The van der Waals surface area contributed by atoms with Crippen molar-refractivity contribution in [1.29, 1.82) is 0 Å². The van der Waals surface area contributed by atoms with Crippen molar-refractivity contribution in [3.05, 3.63) is 11.9 Å². The molecule has 176 valence electrons. The number of piperidine rings is 1. The summed E-state index contributed by atoms with van der Waals surface area (Å²) in [7, 11) is -3.22. The van der Waals surface area contributed by atoms with Gasteiger partial charge in [-0.3, -0.25) is 4.79 Å². The number of aryl methyl sites for hydroxylation is 2. The highest BCUT2D eigenvalue weighted by Gasteiger charge is 2.33. The standard InChI is InChI=1S/C19H35N5O3S.C2H6.H2/c1-4-17(3)28(26,27)23-13-9-18(10-14-23)19(25)20-11-7-5-6-8-12-24-16(2)15-21-22-24;1-2;/h15,17-18H,4-14H2,1-3H3,(H,20,25);1-2H3;1H. The van der Waals surface area contributed by atoms with Crippen molar-refractivity contribution >= 4 is 15.9 Å². The molecule has 1 unspecified atom stereocenters. The van der Waals surface area contributed by atoms with Gasteiger partial charge in [-0.05, 0) is 46.0 Å². The molecule has 0 bridgehead atoms. The minimum Gasteiger partial charge on any atom is -0.356 e. The molecule has 2 rings (SSSR count). The Morgan fingerprint density at radius 1 is 1.23 bits per heavy atom. The van der Waals surface area contributed by atoms with Crippen LogP contribution >= 0.6 is 0 Å². The first-order chi connectivity index (χ1) is 14.4. The smallest absolute Gasteiger partial charge is 0.223 e. The lowest BCUT2D eigenvalue weighted by Crippen LogP contribution is -2.45. The quantitative estimate of drug-likeness (QED) is 0.527. The Morgan fingerprint density at radius 2 is 1.87 bits per heavy atom. The summed E-state index contributed by atoms with van der Waals surface area (Å²) in [5.74, 6) is -0.00231. The molecule has 0 spiro atoms. The van der Waals surface area contributed by atoms with E-state index in [0.29, 0.717) is 38.9 Å². The molecular formula is C21H43N5O3S. The number of hydrogen-bond donors (Lipinski definition) is 1. The third-order valence-corrected chi connectivity index (χ3v) is 8.11. The van der Waals surface area contributed by atoms with Gasteiger partial charge >= 0.3 is 0 Å². The lowest BCUT2D eigenvalue weighted by Gasteiger charge is -2.32. The van der Waals surface area contributed by atoms with Crippen molar-refractivity contribution in [1.82, 2.24) is 24.6 Å². The Labute approximate surface area is 184 Å². The fraction of sp³-hybridized carbons (Fsp3) is 0.857. The minimum atomic E-state index is -3.22. The molecule has 1 aromatic rings. The lowest BCUT2D eigenvalue weighted by molar-refractivity contribution is -0.126. The van der Waals surface area contributed by atoms with Gasteiger partial charge in [-0.15, -0.1) is 5.10 Å². The fourth-order valence-electron chi connectivity index (χ4n) is 3.46. The number of hydrogen-bond acceptors (Lipinski definition) is 5. The summed E-state index contributed by atoms with van der Waals surface area (Å²) in [5.41, 5.74) is 1.08. The first-order valence-electron chi connectivity index (χ1n) is 11.5. The van der Waals surface area contributed by atoms with Crippen LogP contribution in [0.3, 0.4) is 0 Å². The fourth-order valence-corrected chi connectivity index (χ4v) is 5.11. The van der Waals surface area contributed by atoms with E-state index in [9.17, 15) is 13.2 Å². The highest BCUT2D eigenvalue weighted by molar-refractivity contribution is 7.89. The number of nitrogens with one attached hydrogen (secondary N) is 1. The summed E-state index contributed by atoms with van der Waals surface area (Å²) < 4.78 is 28.3. The number of carbonyl (C=O) groups is 1. The molecule has 0 radical (unpaired) electrons. The SMILES string of the molecule is CC.CCC(C)S(=O)(=O)N1CCC(C(=O)NCCCCCCn2nncc2C)CC1.[HH]. The van der Waals surface area contributed by atoms with Crippen molar-refractivity contribution in [2.24, 2.45) is 5.92 Å². The van der Waals surface area contributed by atoms with Gasteiger partial charge in [0.05, 0.1) is 17.1 Å². The Kier molecular flexibility index (Phi) is 12.2. The molecule has 1 N–H and O–H groups in total. The van der Waals surface area contributed by atoms with Crippen LogP contribution in [0.1, 0.15) is 79.8 Å². The van der Waals surface area contributed by atoms with Crippen molar-refractivity contribution < 1.29 is 14.6 Å². The van der Waals surface area contributed by atoms with Crippen LogP contribution in [0.25, 0.3) is 0 Å². The van der Waals surface area contributed by atoms with Gasteiger partial charge in [0, 0.05) is 33.5 Å². The van der Waals surface area contributed by atoms with Crippen LogP contribution in [0, 0.1) is 12.8 Å². The molecule has 1 amide bonds. The average Bonchev–Trinajstić information content (AvgIpc) is 3.18. The zero-order chi connectivity index (χ0) is 22.6. The summed E-state index contributed by atoms with van der Waals surface area (Å²) in [6.07, 6.45) is 7.78. The van der Waals surface area contributed by atoms with Gasteiger partial charge in [-0.2, -0.15) is 0 Å². The largest absolute Gasteiger partial charge is 0.356 e. The van der Waals surface area contributed by atoms with Crippen molar-refractivity contribution in [2.75, 3.05) is 19.6 Å². The molecule has 0 aromatic carbocycles. The van der Waals surface area contributed by atoms with Crippen LogP contribution < -0.4 is 5.32 Å². The number of amides is 1. The average molecular weight is 446 g/mol. The predicted octanol–water partition coefficient (Wildman–Crippen LogP) is 3.38. The third kappa shape index (κ3) is 7.98. The second-order valence-electron chi connectivity index (χ2n) is 7.74. The van der Waals surface area contributed by atoms with E-state index < -0.39 is 10.0 Å². The summed E-state index contributed by atoms with van der Waals surface area (Å²) in [6.45, 7) is 12.1. The number of nitrogens with zero attached hydrogens (tertiary/aromatic N) is 4. The van der Waals surface area contributed by atoms with Crippen molar-refractivity contribution in [3.63, 3.8) is 0 Å². The van der Waals surface area contributed by atoms with Crippen molar-refractivity contribution in [2.45, 2.75) is 91.4 Å². The number of rotatable bonds is 11. The maximum Gasteiger partial charge on any atom is 0.223 e. The van der Waals surface area contributed by atoms with Crippen LogP contribution in [0.4, 0.5) is 0 Å². The molecule has 0 aliphatic carbocycles. The highest BCUT2D eigenvalue weighted by atomic mass is 32.2. The van der Waals surface area contributed by atoms with E-state index in [4.69, 9.17) is 0 Å². The number of aromatic nitrogens is 3. The molecule has 1 aliphatic rings. The lowest BCUT2D eigenvalue weighted by atomic mass is 9.97. The van der Waals surface area contributed by atoms with Gasteiger partial charge < -0.3 is 5.32 Å². The second kappa shape index (κ2) is 13.7. The van der Waals surface area contributed by atoms with Gasteiger partial charge in [0.15, 0.2) is 0 Å². The third-order valence-electron chi connectivity index (χ3n) is 5.68. The summed E-state index contributed by atoms with van der Waals surface area (Å²) >= 11 is 0. The van der Waals surface area contributed by atoms with E-state index in [-0.39, 0.29) is 18.5 Å². The Bertz CT molecular complexity index is 718. The van der Waals surface area contributed by atoms with E-state index in [2.05, 4.69) is 15.6 Å². The highest BCUT2D eigenvalue weighted by Crippen LogP contribution is 2.22. The first-order valence-corrected chi connectivity index (χ1v) is 13.0. The Morgan fingerprint density at radius 3 is 2.43 bits per heavy atom. The normalized spacial score (nSPS) is 16.6. The molecule has 0 saturated carbocycles. The van der Waals surface area contributed by atoms with Gasteiger partial charge in [0.1, 0.15) is 0 Å². The molecule has 9 heteroatoms. The van der Waals surface area contributed by atoms with Crippen LogP contribution in [0.15, 0.2) is 6.20 Å². The summed E-state index contributed by atoms with van der Waals surface area (Å²) in [4.78, 5) is 12.3. The molecule has 1 aliphatic heterocycles. The zero-order valence-electron chi connectivity index (χ0n) is 19.4. The number of sulfonamides is 1. The topological polar surface area (TPSA) is 97.2 Å². The molecule has 2 heterocycles. The molecule has 8 nitrogen and oxygen atoms in total.